The van der Waals surface area contributed by atoms with Crippen LogP contribution < -0.4 is 11.1 Å². The summed E-state index contributed by atoms with van der Waals surface area (Å²) in [5.74, 6) is -2.21. The molecule has 0 saturated carbocycles. The maximum absolute atomic E-state index is 13.5. The maximum Gasteiger partial charge on any atom is 0.245 e. The number of hydrogen-bond donors (Lipinski definition) is 2. The third-order valence-corrected chi connectivity index (χ3v) is 7.03. The van der Waals surface area contributed by atoms with Gasteiger partial charge in [-0.25, -0.2) is 0 Å². The molecule has 3 N–H and O–H groups in total. The molecule has 0 radical (unpaired) electrons. The number of carbonyl (C=O) groups excluding carboxylic acids is 4. The molecule has 3 amide bonds. The Bertz CT molecular complexity index is 1140. The Hall–Kier alpha value is -3.74. The Morgan fingerprint density at radius 2 is 1.76 bits per heavy atom. The summed E-state index contributed by atoms with van der Waals surface area (Å²) >= 11 is 0. The Morgan fingerprint density at radius 3 is 2.42 bits per heavy atom. The lowest BCUT2D eigenvalue weighted by atomic mass is 9.82. The molecule has 3 rings (SSSR count). The minimum atomic E-state index is -0.675. The molecular weight excluding hydrogens is 478 g/mol. The first-order chi connectivity index (χ1) is 18.2. The predicted octanol–water partition coefficient (Wildman–Crippen LogP) is 4.25. The number of rotatable bonds is 12. The third-order valence-electron chi connectivity index (χ3n) is 7.03. The van der Waals surface area contributed by atoms with Crippen LogP contribution in [0.5, 0.6) is 0 Å². The van der Waals surface area contributed by atoms with Crippen molar-refractivity contribution in [2.24, 2.45) is 23.5 Å². The van der Waals surface area contributed by atoms with Gasteiger partial charge in [0.1, 0.15) is 6.04 Å². The van der Waals surface area contributed by atoms with E-state index in [-0.39, 0.29) is 23.5 Å². The van der Waals surface area contributed by atoms with E-state index in [1.54, 1.807) is 29.2 Å². The highest BCUT2D eigenvalue weighted by Gasteiger charge is 2.35. The van der Waals surface area contributed by atoms with E-state index < -0.39 is 23.8 Å². The summed E-state index contributed by atoms with van der Waals surface area (Å²) < 4.78 is 0. The third kappa shape index (κ3) is 7.63. The Kier molecular flexibility index (Phi) is 10.4. The zero-order chi connectivity index (χ0) is 27.7. The van der Waals surface area contributed by atoms with E-state index >= 15 is 0 Å². The molecule has 1 aliphatic rings. The molecule has 1 saturated heterocycles. The van der Waals surface area contributed by atoms with Crippen molar-refractivity contribution in [2.45, 2.75) is 58.5 Å². The fraction of sp³-hybridized carbons (Fsp3) is 0.419. The van der Waals surface area contributed by atoms with Crippen LogP contribution in [0, 0.1) is 17.8 Å². The molecule has 1 heterocycles. The number of nitrogens with one attached hydrogen (secondary N) is 1. The van der Waals surface area contributed by atoms with E-state index in [1.807, 2.05) is 50.2 Å². The van der Waals surface area contributed by atoms with Crippen molar-refractivity contribution in [3.8, 4) is 0 Å². The van der Waals surface area contributed by atoms with Gasteiger partial charge in [0.25, 0.3) is 0 Å². The lowest BCUT2D eigenvalue weighted by Gasteiger charge is -2.29. The van der Waals surface area contributed by atoms with Gasteiger partial charge >= 0.3 is 0 Å². The first kappa shape index (κ1) is 28.8. The molecule has 2 aromatic rings. The van der Waals surface area contributed by atoms with Crippen LogP contribution in [0.25, 0.3) is 0 Å². The number of primary amides is 1. The van der Waals surface area contributed by atoms with Crippen molar-refractivity contribution >= 4 is 23.5 Å². The zero-order valence-corrected chi connectivity index (χ0v) is 22.4. The van der Waals surface area contributed by atoms with Crippen LogP contribution in [0.2, 0.25) is 0 Å². The molecule has 3 atom stereocenters. The SMILES string of the molecule is C=CC[C@H](C(N)=O)[C@@H](CC(C)C)C(=O)N[C@H]1CCCCN(Cc2cccc(C(=O)c3ccccc3)c2)C1=O. The first-order valence-electron chi connectivity index (χ1n) is 13.4. The summed E-state index contributed by atoms with van der Waals surface area (Å²) in [4.78, 5) is 53.7. The summed E-state index contributed by atoms with van der Waals surface area (Å²) in [6.45, 7) is 8.59. The van der Waals surface area contributed by atoms with Crippen LogP contribution in [-0.4, -0.2) is 41.0 Å². The number of carbonyl (C=O) groups is 4. The van der Waals surface area contributed by atoms with Crippen molar-refractivity contribution in [1.29, 1.82) is 0 Å². The molecule has 202 valence electrons. The molecule has 1 aliphatic heterocycles. The van der Waals surface area contributed by atoms with E-state index in [9.17, 15) is 19.2 Å². The van der Waals surface area contributed by atoms with Crippen LogP contribution in [-0.2, 0) is 20.9 Å². The number of ketones is 1. The largest absolute Gasteiger partial charge is 0.369 e. The second-order valence-corrected chi connectivity index (χ2v) is 10.5. The smallest absolute Gasteiger partial charge is 0.245 e. The zero-order valence-electron chi connectivity index (χ0n) is 22.4. The van der Waals surface area contributed by atoms with Crippen LogP contribution in [0.15, 0.2) is 67.3 Å². The normalized spacial score (nSPS) is 17.4. The average molecular weight is 518 g/mol. The number of nitrogens with two attached hydrogens (primary N) is 1. The van der Waals surface area contributed by atoms with Crippen LogP contribution >= 0.6 is 0 Å². The maximum atomic E-state index is 13.5. The second kappa shape index (κ2) is 13.7. The van der Waals surface area contributed by atoms with Crippen molar-refractivity contribution in [3.05, 3.63) is 83.9 Å². The molecular formula is C31H39N3O4. The highest BCUT2D eigenvalue weighted by Crippen LogP contribution is 2.25. The number of nitrogens with zero attached hydrogens (tertiary/aromatic N) is 1. The number of likely N-dealkylation sites (tertiary alicyclic amines) is 1. The number of benzene rings is 2. The van der Waals surface area contributed by atoms with E-state index in [0.717, 1.165) is 18.4 Å². The summed E-state index contributed by atoms with van der Waals surface area (Å²) in [5, 5.41) is 2.95. The summed E-state index contributed by atoms with van der Waals surface area (Å²) in [6.07, 6.45) is 4.54. The Balaban J connectivity index is 1.75. The minimum absolute atomic E-state index is 0.0699. The highest BCUT2D eigenvalue weighted by molar-refractivity contribution is 6.09. The predicted molar refractivity (Wildman–Crippen MR) is 148 cm³/mol. The molecule has 1 fully saturated rings. The first-order valence-corrected chi connectivity index (χ1v) is 13.4. The van der Waals surface area contributed by atoms with E-state index in [2.05, 4.69) is 11.9 Å². The second-order valence-electron chi connectivity index (χ2n) is 10.5. The Labute approximate surface area is 225 Å². The van der Waals surface area contributed by atoms with Crippen LogP contribution in [0.3, 0.4) is 0 Å². The standard InChI is InChI=1S/C31H39N3O4/c1-4-11-25(29(32)36)26(18-21(2)3)30(37)33-27-16-8-9-17-34(31(27)38)20-22-12-10-15-24(19-22)28(35)23-13-6-5-7-14-23/h4-7,10,12-15,19,21,25-27H,1,8-9,11,16-18,20H2,2-3H3,(H2,32,36)(H,33,37)/t25-,26+,27-/m0/s1. The van der Waals surface area contributed by atoms with Crippen molar-refractivity contribution < 1.29 is 19.2 Å². The van der Waals surface area contributed by atoms with Gasteiger partial charge in [0.05, 0.1) is 11.8 Å². The molecule has 0 bridgehead atoms. The van der Waals surface area contributed by atoms with E-state index in [1.165, 1.54) is 0 Å². The quantitative estimate of drug-likeness (QED) is 0.324. The number of amides is 3. The monoisotopic (exact) mass is 517 g/mol. The van der Waals surface area contributed by atoms with Gasteiger partial charge in [-0.2, -0.15) is 0 Å². The fourth-order valence-electron chi connectivity index (χ4n) is 5.08. The van der Waals surface area contributed by atoms with Gasteiger partial charge in [-0.3, -0.25) is 19.2 Å². The van der Waals surface area contributed by atoms with Crippen molar-refractivity contribution in [2.75, 3.05) is 6.54 Å². The lowest BCUT2D eigenvalue weighted by molar-refractivity contribution is -0.139. The number of allylic oxidation sites excluding steroid dienone is 1. The summed E-state index contributed by atoms with van der Waals surface area (Å²) in [6, 6.07) is 15.7. The molecule has 0 unspecified atom stereocenters. The topological polar surface area (TPSA) is 110 Å². The fourth-order valence-corrected chi connectivity index (χ4v) is 5.08. The van der Waals surface area contributed by atoms with E-state index in [4.69, 9.17) is 5.73 Å². The lowest BCUT2D eigenvalue weighted by Crippen LogP contribution is -2.50. The summed E-state index contributed by atoms with van der Waals surface area (Å²) in [5.41, 5.74) is 7.66. The van der Waals surface area contributed by atoms with E-state index in [0.29, 0.717) is 43.5 Å². The molecule has 0 aromatic heterocycles. The van der Waals surface area contributed by atoms with Gasteiger partial charge in [-0.1, -0.05) is 68.5 Å². The van der Waals surface area contributed by atoms with Gasteiger partial charge in [0.15, 0.2) is 5.78 Å². The number of hydrogen-bond acceptors (Lipinski definition) is 4. The van der Waals surface area contributed by atoms with Crippen LogP contribution in [0.4, 0.5) is 0 Å². The Morgan fingerprint density at radius 1 is 1.05 bits per heavy atom. The minimum Gasteiger partial charge on any atom is -0.369 e. The molecule has 0 spiro atoms. The van der Waals surface area contributed by atoms with Gasteiger partial charge in [0, 0.05) is 24.2 Å². The highest BCUT2D eigenvalue weighted by atomic mass is 16.2. The molecule has 7 nitrogen and oxygen atoms in total. The molecule has 0 aliphatic carbocycles. The van der Waals surface area contributed by atoms with Gasteiger partial charge in [-0.15, -0.1) is 6.58 Å². The van der Waals surface area contributed by atoms with Gasteiger partial charge < -0.3 is 16.0 Å². The van der Waals surface area contributed by atoms with Crippen LogP contribution in [0.1, 0.15) is 67.4 Å². The van der Waals surface area contributed by atoms with Crippen molar-refractivity contribution in [3.63, 3.8) is 0 Å². The van der Waals surface area contributed by atoms with Gasteiger partial charge in [0.2, 0.25) is 17.7 Å². The molecule has 2 aromatic carbocycles. The van der Waals surface area contributed by atoms with Crippen molar-refractivity contribution in [1.82, 2.24) is 10.2 Å². The molecule has 7 heteroatoms. The summed E-state index contributed by atoms with van der Waals surface area (Å²) in [7, 11) is 0. The molecule has 38 heavy (non-hydrogen) atoms. The van der Waals surface area contributed by atoms with Gasteiger partial charge in [-0.05, 0) is 49.7 Å². The average Bonchev–Trinajstić information content (AvgIpc) is 3.07.